The second-order valence-corrected chi connectivity index (χ2v) is 3.84. The molecule has 0 aliphatic heterocycles. The number of nitrogens with two attached hydrogens (primary N) is 1. The number of hydrogen-bond donors (Lipinski definition) is 1. The van der Waals surface area contributed by atoms with Crippen molar-refractivity contribution in [2.24, 2.45) is 0 Å². The van der Waals surface area contributed by atoms with E-state index in [1.54, 1.807) is 18.2 Å². The molecule has 0 bridgehead atoms. The van der Waals surface area contributed by atoms with Crippen LogP contribution >= 0.6 is 0 Å². The molecule has 5 heteroatoms. The molecule has 0 saturated heterocycles. The Labute approximate surface area is 101 Å². The molecule has 0 atom stereocenters. The van der Waals surface area contributed by atoms with E-state index in [4.69, 9.17) is 10.2 Å². The van der Waals surface area contributed by atoms with Gasteiger partial charge in [0.1, 0.15) is 5.52 Å². The lowest BCUT2D eigenvalue weighted by atomic mass is 10.1. The maximum absolute atomic E-state index is 13.2. The van der Waals surface area contributed by atoms with Crippen LogP contribution in [-0.4, -0.2) is 4.98 Å². The number of nitrogens with zero attached hydrogens (tertiary/aromatic N) is 1. The Morgan fingerprint density at radius 1 is 1.06 bits per heavy atom. The van der Waals surface area contributed by atoms with E-state index in [-0.39, 0.29) is 17.1 Å². The van der Waals surface area contributed by atoms with Crippen molar-refractivity contribution >= 4 is 16.8 Å². The fourth-order valence-electron chi connectivity index (χ4n) is 1.73. The van der Waals surface area contributed by atoms with Crippen molar-refractivity contribution < 1.29 is 13.2 Å². The first-order chi connectivity index (χ1) is 8.65. The number of oxazole rings is 1. The monoisotopic (exact) mass is 246 g/mol. The Bertz CT molecular complexity index is 704. The van der Waals surface area contributed by atoms with Crippen molar-refractivity contribution in [1.82, 2.24) is 4.98 Å². The van der Waals surface area contributed by atoms with Crippen LogP contribution in [0.4, 0.5) is 14.5 Å². The lowest BCUT2D eigenvalue weighted by Crippen LogP contribution is -1.94. The number of rotatable bonds is 1. The fraction of sp³-hybridized carbons (Fsp3) is 0. The highest BCUT2D eigenvalue weighted by Crippen LogP contribution is 2.30. The largest absolute Gasteiger partial charge is 0.436 e. The van der Waals surface area contributed by atoms with Crippen LogP contribution < -0.4 is 5.73 Å². The minimum absolute atomic E-state index is 0.0838. The topological polar surface area (TPSA) is 52.0 Å². The van der Waals surface area contributed by atoms with Gasteiger partial charge in [0.25, 0.3) is 0 Å². The molecule has 3 aromatic rings. The zero-order valence-electron chi connectivity index (χ0n) is 9.15. The molecular formula is C13H8F2N2O. The van der Waals surface area contributed by atoms with Crippen LogP contribution in [0.25, 0.3) is 22.6 Å². The molecule has 1 aromatic heterocycles. The van der Waals surface area contributed by atoms with Crippen molar-refractivity contribution in [3.8, 4) is 11.5 Å². The molecule has 0 unspecified atom stereocenters. The predicted octanol–water partition coefficient (Wildman–Crippen LogP) is 3.36. The molecular weight excluding hydrogens is 238 g/mol. The van der Waals surface area contributed by atoms with Crippen molar-refractivity contribution in [3.63, 3.8) is 0 Å². The molecule has 90 valence electrons. The predicted molar refractivity (Wildman–Crippen MR) is 63.8 cm³/mol. The summed E-state index contributed by atoms with van der Waals surface area (Å²) < 4.78 is 31.6. The minimum Gasteiger partial charge on any atom is -0.436 e. The molecule has 0 aliphatic rings. The van der Waals surface area contributed by atoms with Gasteiger partial charge in [0.05, 0.1) is 5.56 Å². The van der Waals surface area contributed by atoms with Crippen LogP contribution in [-0.2, 0) is 0 Å². The Balaban J connectivity index is 2.22. The van der Waals surface area contributed by atoms with Crippen LogP contribution in [0.15, 0.2) is 40.8 Å². The van der Waals surface area contributed by atoms with Gasteiger partial charge < -0.3 is 10.2 Å². The zero-order valence-corrected chi connectivity index (χ0v) is 9.15. The van der Waals surface area contributed by atoms with Crippen LogP contribution in [0.1, 0.15) is 0 Å². The van der Waals surface area contributed by atoms with Gasteiger partial charge in [0.15, 0.2) is 17.2 Å². The molecule has 2 N–H and O–H groups in total. The molecule has 0 fully saturated rings. The number of halogens is 2. The standard InChI is InChI=1S/C13H8F2N2O/c14-8-5-7(10(16)6-9(8)15)13-17-11-3-1-2-4-12(11)18-13/h1-6H,16H2. The summed E-state index contributed by atoms with van der Waals surface area (Å²) in [6.07, 6.45) is 0. The Morgan fingerprint density at radius 3 is 2.56 bits per heavy atom. The van der Waals surface area contributed by atoms with E-state index in [9.17, 15) is 8.78 Å². The fourth-order valence-corrected chi connectivity index (χ4v) is 1.73. The van der Waals surface area contributed by atoms with E-state index >= 15 is 0 Å². The molecule has 0 spiro atoms. The molecule has 1 heterocycles. The van der Waals surface area contributed by atoms with Crippen molar-refractivity contribution in [2.45, 2.75) is 0 Å². The SMILES string of the molecule is Nc1cc(F)c(F)cc1-c1nc2ccccc2o1. The molecule has 2 aromatic carbocycles. The van der Waals surface area contributed by atoms with E-state index in [1.165, 1.54) is 0 Å². The van der Waals surface area contributed by atoms with Crippen LogP contribution in [0.3, 0.4) is 0 Å². The van der Waals surface area contributed by atoms with E-state index in [1.807, 2.05) is 6.07 Å². The lowest BCUT2D eigenvalue weighted by molar-refractivity contribution is 0.508. The third-order valence-corrected chi connectivity index (χ3v) is 2.62. The average Bonchev–Trinajstić information content (AvgIpc) is 2.77. The van der Waals surface area contributed by atoms with E-state index in [0.29, 0.717) is 11.1 Å². The van der Waals surface area contributed by atoms with Gasteiger partial charge in [-0.25, -0.2) is 13.8 Å². The number of anilines is 1. The summed E-state index contributed by atoms with van der Waals surface area (Å²) in [5.74, 6) is -1.80. The summed E-state index contributed by atoms with van der Waals surface area (Å²) in [6.45, 7) is 0. The second kappa shape index (κ2) is 3.80. The van der Waals surface area contributed by atoms with Crippen molar-refractivity contribution in [1.29, 1.82) is 0 Å². The van der Waals surface area contributed by atoms with Gasteiger partial charge in [-0.05, 0) is 18.2 Å². The Kier molecular flexibility index (Phi) is 2.26. The van der Waals surface area contributed by atoms with Crippen molar-refractivity contribution in [3.05, 3.63) is 48.0 Å². The van der Waals surface area contributed by atoms with Gasteiger partial charge in [-0.2, -0.15) is 0 Å². The number of fused-ring (bicyclic) bond motifs is 1. The molecule has 18 heavy (non-hydrogen) atoms. The third-order valence-electron chi connectivity index (χ3n) is 2.62. The highest BCUT2D eigenvalue weighted by molar-refractivity contribution is 5.79. The number of benzene rings is 2. The van der Waals surface area contributed by atoms with Gasteiger partial charge in [0, 0.05) is 11.8 Å². The summed E-state index contributed by atoms with van der Waals surface area (Å²) in [5, 5.41) is 0. The number of nitrogen functional groups attached to an aromatic ring is 1. The molecule has 0 amide bonds. The van der Waals surface area contributed by atoms with Gasteiger partial charge >= 0.3 is 0 Å². The van der Waals surface area contributed by atoms with E-state index in [2.05, 4.69) is 4.98 Å². The Morgan fingerprint density at radius 2 is 1.78 bits per heavy atom. The summed E-state index contributed by atoms with van der Waals surface area (Å²) in [5.41, 5.74) is 7.16. The number of aromatic nitrogens is 1. The Hall–Kier alpha value is -2.43. The smallest absolute Gasteiger partial charge is 0.229 e. The van der Waals surface area contributed by atoms with E-state index < -0.39 is 11.6 Å². The quantitative estimate of drug-likeness (QED) is 0.670. The molecule has 0 saturated carbocycles. The van der Waals surface area contributed by atoms with Gasteiger partial charge in [0.2, 0.25) is 5.89 Å². The first-order valence-electron chi connectivity index (χ1n) is 5.25. The van der Waals surface area contributed by atoms with Gasteiger partial charge in [-0.3, -0.25) is 0 Å². The van der Waals surface area contributed by atoms with Crippen LogP contribution in [0.2, 0.25) is 0 Å². The van der Waals surface area contributed by atoms with Crippen LogP contribution in [0, 0.1) is 11.6 Å². The lowest BCUT2D eigenvalue weighted by Gasteiger charge is -2.01. The summed E-state index contributed by atoms with van der Waals surface area (Å²) in [7, 11) is 0. The van der Waals surface area contributed by atoms with Gasteiger partial charge in [-0.15, -0.1) is 0 Å². The van der Waals surface area contributed by atoms with E-state index in [0.717, 1.165) is 12.1 Å². The third kappa shape index (κ3) is 1.60. The first kappa shape index (κ1) is 10.7. The maximum Gasteiger partial charge on any atom is 0.229 e. The number of hydrogen-bond acceptors (Lipinski definition) is 3. The summed E-state index contributed by atoms with van der Waals surface area (Å²) in [4.78, 5) is 4.18. The zero-order chi connectivity index (χ0) is 12.7. The highest BCUT2D eigenvalue weighted by Gasteiger charge is 2.14. The minimum atomic E-state index is -0.993. The number of para-hydroxylation sites is 2. The highest BCUT2D eigenvalue weighted by atomic mass is 19.2. The second-order valence-electron chi connectivity index (χ2n) is 3.84. The summed E-state index contributed by atoms with van der Waals surface area (Å²) in [6, 6.07) is 9.00. The molecule has 0 radical (unpaired) electrons. The first-order valence-corrected chi connectivity index (χ1v) is 5.25. The molecule has 3 rings (SSSR count). The van der Waals surface area contributed by atoms with Crippen molar-refractivity contribution in [2.75, 3.05) is 5.73 Å². The normalized spacial score (nSPS) is 11.0. The molecule has 0 aliphatic carbocycles. The average molecular weight is 246 g/mol. The molecule has 3 nitrogen and oxygen atoms in total. The summed E-state index contributed by atoms with van der Waals surface area (Å²) >= 11 is 0. The van der Waals surface area contributed by atoms with Gasteiger partial charge in [-0.1, -0.05) is 12.1 Å². The maximum atomic E-state index is 13.2. The van der Waals surface area contributed by atoms with Crippen LogP contribution in [0.5, 0.6) is 0 Å².